The molecule has 3 nitrogen and oxygen atoms in total. The molecule has 0 spiro atoms. The zero-order chi connectivity index (χ0) is 12.6. The molecule has 2 N–H and O–H groups in total. The predicted octanol–water partition coefficient (Wildman–Crippen LogP) is 4.33. The van der Waals surface area contributed by atoms with Crippen LogP contribution in [0, 0.1) is 0 Å². The molecule has 17 heavy (non-hydrogen) atoms. The van der Waals surface area contributed by atoms with Crippen molar-refractivity contribution in [3.8, 4) is 10.7 Å². The van der Waals surface area contributed by atoms with E-state index >= 15 is 0 Å². The number of hydrogen-bond donors (Lipinski definition) is 1. The summed E-state index contributed by atoms with van der Waals surface area (Å²) in [5.41, 5.74) is 6.73. The highest BCUT2D eigenvalue weighted by molar-refractivity contribution is 9.10. The van der Waals surface area contributed by atoms with Crippen LogP contribution in [0.15, 0.2) is 16.6 Å². The van der Waals surface area contributed by atoms with Crippen molar-refractivity contribution < 1.29 is 0 Å². The Labute approximate surface area is 117 Å². The summed E-state index contributed by atoms with van der Waals surface area (Å²) >= 11 is 10.8. The molecule has 0 aliphatic rings. The molecular formula is C11H11BrClN3S. The highest BCUT2D eigenvalue weighted by Gasteiger charge is 2.12. The third-order valence-electron chi connectivity index (χ3n) is 2.22. The van der Waals surface area contributed by atoms with Gasteiger partial charge in [-0.25, -0.2) is 9.97 Å². The van der Waals surface area contributed by atoms with Crippen LogP contribution in [0.2, 0.25) is 4.34 Å². The average molecular weight is 333 g/mol. The summed E-state index contributed by atoms with van der Waals surface area (Å²) in [6.45, 7) is 4.14. The number of thiophene rings is 1. The molecule has 0 aliphatic heterocycles. The smallest absolute Gasteiger partial charge is 0.171 e. The van der Waals surface area contributed by atoms with E-state index in [9.17, 15) is 0 Å². The summed E-state index contributed by atoms with van der Waals surface area (Å²) in [5, 5.41) is 0. The lowest BCUT2D eigenvalue weighted by molar-refractivity contribution is 0.819. The normalized spacial score (nSPS) is 11.1. The van der Waals surface area contributed by atoms with Gasteiger partial charge in [0, 0.05) is 16.2 Å². The van der Waals surface area contributed by atoms with E-state index in [4.69, 9.17) is 17.3 Å². The third-order valence-corrected chi connectivity index (χ3v) is 4.69. The SMILES string of the molecule is CC(C)c1cc(N)nc(-c2cc(Br)c(Cl)s2)n1. The second kappa shape index (κ2) is 4.92. The maximum Gasteiger partial charge on any atom is 0.171 e. The molecule has 0 amide bonds. The number of nitrogen functional groups attached to an aromatic ring is 1. The van der Waals surface area contributed by atoms with Crippen LogP contribution in [0.3, 0.4) is 0 Å². The Morgan fingerprint density at radius 3 is 2.59 bits per heavy atom. The van der Waals surface area contributed by atoms with E-state index in [0.29, 0.717) is 21.9 Å². The van der Waals surface area contributed by atoms with Crippen LogP contribution < -0.4 is 5.73 Å². The van der Waals surface area contributed by atoms with Crippen LogP contribution in [-0.4, -0.2) is 9.97 Å². The Hall–Kier alpha value is -0.650. The topological polar surface area (TPSA) is 51.8 Å². The first-order chi connectivity index (χ1) is 7.97. The van der Waals surface area contributed by atoms with Crippen molar-refractivity contribution in [2.75, 3.05) is 5.73 Å². The Morgan fingerprint density at radius 1 is 1.35 bits per heavy atom. The Bertz CT molecular complexity index is 534. The summed E-state index contributed by atoms with van der Waals surface area (Å²) in [6, 6.07) is 3.71. The van der Waals surface area contributed by atoms with E-state index in [2.05, 4.69) is 39.7 Å². The van der Waals surface area contributed by atoms with Crippen molar-refractivity contribution in [1.29, 1.82) is 0 Å². The number of nitrogens with two attached hydrogens (primary N) is 1. The van der Waals surface area contributed by atoms with Crippen LogP contribution >= 0.6 is 38.9 Å². The van der Waals surface area contributed by atoms with E-state index in [1.165, 1.54) is 11.3 Å². The molecule has 0 unspecified atom stereocenters. The summed E-state index contributed by atoms with van der Waals surface area (Å²) in [7, 11) is 0. The minimum Gasteiger partial charge on any atom is -0.384 e. The van der Waals surface area contributed by atoms with Crippen molar-refractivity contribution in [2.45, 2.75) is 19.8 Å². The molecule has 0 saturated carbocycles. The van der Waals surface area contributed by atoms with Crippen LogP contribution in [0.25, 0.3) is 10.7 Å². The van der Waals surface area contributed by atoms with Gasteiger partial charge in [0.15, 0.2) is 5.82 Å². The van der Waals surface area contributed by atoms with Crippen LogP contribution in [0.4, 0.5) is 5.82 Å². The third kappa shape index (κ3) is 2.78. The molecule has 0 atom stereocenters. The highest BCUT2D eigenvalue weighted by Crippen LogP contribution is 2.37. The first-order valence-corrected chi connectivity index (χ1v) is 7.05. The zero-order valence-corrected chi connectivity index (χ0v) is 12.5. The zero-order valence-electron chi connectivity index (χ0n) is 9.37. The van der Waals surface area contributed by atoms with Crippen molar-refractivity contribution in [1.82, 2.24) is 9.97 Å². The van der Waals surface area contributed by atoms with Gasteiger partial charge in [-0.05, 0) is 27.9 Å². The lowest BCUT2D eigenvalue weighted by atomic mass is 10.1. The van der Waals surface area contributed by atoms with Gasteiger partial charge in [0.2, 0.25) is 0 Å². The number of anilines is 1. The first-order valence-electron chi connectivity index (χ1n) is 5.07. The maximum atomic E-state index is 6.01. The van der Waals surface area contributed by atoms with Crippen molar-refractivity contribution >= 4 is 44.7 Å². The molecule has 0 aromatic carbocycles. The summed E-state index contributed by atoms with van der Waals surface area (Å²) < 4.78 is 1.55. The Morgan fingerprint density at radius 2 is 2.06 bits per heavy atom. The van der Waals surface area contributed by atoms with Gasteiger partial charge >= 0.3 is 0 Å². The molecule has 0 radical (unpaired) electrons. The fourth-order valence-electron chi connectivity index (χ4n) is 1.35. The monoisotopic (exact) mass is 331 g/mol. The molecule has 0 aliphatic carbocycles. The van der Waals surface area contributed by atoms with Crippen LogP contribution in [0.5, 0.6) is 0 Å². The van der Waals surface area contributed by atoms with E-state index in [1.807, 2.05) is 6.07 Å². The molecule has 2 rings (SSSR count). The van der Waals surface area contributed by atoms with Gasteiger partial charge in [0.1, 0.15) is 10.2 Å². The van der Waals surface area contributed by atoms with Crippen molar-refractivity contribution in [2.24, 2.45) is 0 Å². The van der Waals surface area contributed by atoms with Crippen molar-refractivity contribution in [3.05, 3.63) is 26.6 Å². The van der Waals surface area contributed by atoms with E-state index in [-0.39, 0.29) is 0 Å². The molecule has 2 aromatic rings. The molecule has 2 aromatic heterocycles. The van der Waals surface area contributed by atoms with Gasteiger partial charge < -0.3 is 5.73 Å². The number of rotatable bonds is 2. The van der Waals surface area contributed by atoms with Gasteiger partial charge in [-0.1, -0.05) is 25.4 Å². The predicted molar refractivity (Wildman–Crippen MR) is 76.6 cm³/mol. The Balaban J connectivity index is 2.51. The number of halogens is 2. The lowest BCUT2D eigenvalue weighted by Crippen LogP contribution is -2.00. The molecule has 0 saturated heterocycles. The molecule has 90 valence electrons. The van der Waals surface area contributed by atoms with Crippen LogP contribution in [0.1, 0.15) is 25.5 Å². The molecule has 2 heterocycles. The quantitative estimate of drug-likeness (QED) is 0.890. The lowest BCUT2D eigenvalue weighted by Gasteiger charge is -2.06. The minimum atomic E-state index is 0.318. The number of aromatic nitrogens is 2. The fourth-order valence-corrected chi connectivity index (χ4v) is 2.98. The Kier molecular flexibility index (Phi) is 3.70. The van der Waals surface area contributed by atoms with Gasteiger partial charge in [-0.15, -0.1) is 11.3 Å². The summed E-state index contributed by atoms with van der Waals surface area (Å²) in [6.07, 6.45) is 0. The minimum absolute atomic E-state index is 0.318. The molecular weight excluding hydrogens is 322 g/mol. The maximum absolute atomic E-state index is 6.01. The van der Waals surface area contributed by atoms with E-state index in [0.717, 1.165) is 15.0 Å². The largest absolute Gasteiger partial charge is 0.384 e. The van der Waals surface area contributed by atoms with E-state index < -0.39 is 0 Å². The van der Waals surface area contributed by atoms with Crippen molar-refractivity contribution in [3.63, 3.8) is 0 Å². The van der Waals surface area contributed by atoms with Crippen LogP contribution in [-0.2, 0) is 0 Å². The molecule has 0 bridgehead atoms. The van der Waals surface area contributed by atoms with Gasteiger partial charge in [-0.2, -0.15) is 0 Å². The first kappa shape index (κ1) is 12.8. The standard InChI is InChI=1S/C11H11BrClN3S/c1-5(2)7-4-9(14)16-11(15-7)8-3-6(12)10(13)17-8/h3-5H,1-2H3,(H2,14,15,16). The average Bonchev–Trinajstić information content (AvgIpc) is 2.58. The van der Waals surface area contributed by atoms with Gasteiger partial charge in [0.25, 0.3) is 0 Å². The molecule has 6 heteroatoms. The fraction of sp³-hybridized carbons (Fsp3) is 0.273. The number of nitrogens with zero attached hydrogens (tertiary/aromatic N) is 2. The van der Waals surface area contributed by atoms with Gasteiger partial charge in [-0.3, -0.25) is 0 Å². The summed E-state index contributed by atoms with van der Waals surface area (Å²) in [4.78, 5) is 9.65. The summed E-state index contributed by atoms with van der Waals surface area (Å²) in [5.74, 6) is 1.43. The molecule has 0 fully saturated rings. The number of hydrogen-bond acceptors (Lipinski definition) is 4. The second-order valence-electron chi connectivity index (χ2n) is 3.93. The van der Waals surface area contributed by atoms with E-state index in [1.54, 1.807) is 6.07 Å². The second-order valence-corrected chi connectivity index (χ2v) is 6.44. The highest BCUT2D eigenvalue weighted by atomic mass is 79.9. The van der Waals surface area contributed by atoms with Gasteiger partial charge in [0.05, 0.1) is 4.88 Å².